The molecule has 1 amide bonds. The lowest BCUT2D eigenvalue weighted by molar-refractivity contribution is -0.132. The van der Waals surface area contributed by atoms with Crippen molar-refractivity contribution in [1.29, 1.82) is 0 Å². The average Bonchev–Trinajstić information content (AvgIpc) is 3.41. The molecule has 0 radical (unpaired) electrons. The van der Waals surface area contributed by atoms with Crippen LogP contribution in [0.4, 0.5) is 5.95 Å². The smallest absolute Gasteiger partial charge is 0.302 e. The molecule has 1 unspecified atom stereocenters. The number of anilines is 1. The number of aromatic amines is 1. The third-order valence-corrected chi connectivity index (χ3v) is 6.31. The lowest BCUT2D eigenvalue weighted by Crippen LogP contribution is -2.30. The molecule has 7 heteroatoms. The Balaban J connectivity index is 1.60. The summed E-state index contributed by atoms with van der Waals surface area (Å²) in [5.74, 6) is -1.59. The molecule has 0 aliphatic carbocycles. The number of imidazole rings is 1. The molecule has 1 saturated heterocycles. The zero-order valence-electron chi connectivity index (χ0n) is 18.8. The molecule has 3 heterocycles. The Morgan fingerprint density at radius 2 is 1.77 bits per heavy atom. The topological polar surface area (TPSA) is 99.2 Å². The summed E-state index contributed by atoms with van der Waals surface area (Å²) in [4.78, 5) is 40.3. The Morgan fingerprint density at radius 3 is 2.60 bits per heavy atom. The van der Waals surface area contributed by atoms with Gasteiger partial charge in [0.15, 0.2) is 0 Å². The van der Waals surface area contributed by atoms with Crippen LogP contribution in [0, 0.1) is 6.92 Å². The molecule has 5 aromatic rings. The van der Waals surface area contributed by atoms with Gasteiger partial charge in [-0.05, 0) is 47.5 Å². The number of nitrogens with one attached hydrogen (secondary N) is 1. The van der Waals surface area contributed by atoms with Gasteiger partial charge in [0.2, 0.25) is 5.95 Å². The number of nitrogens with zero attached hydrogens (tertiary/aromatic N) is 3. The number of aliphatic hydroxyl groups excluding tert-OH is 1. The average molecular weight is 460 g/mol. The van der Waals surface area contributed by atoms with Gasteiger partial charge in [-0.3, -0.25) is 19.5 Å². The highest BCUT2D eigenvalue weighted by atomic mass is 16.3. The number of H-pyrrole nitrogens is 1. The van der Waals surface area contributed by atoms with Crippen LogP contribution < -0.4 is 4.90 Å². The van der Waals surface area contributed by atoms with Crippen molar-refractivity contribution >= 4 is 45.2 Å². The van der Waals surface area contributed by atoms with Gasteiger partial charge in [0.1, 0.15) is 11.8 Å². The predicted octanol–water partition coefficient (Wildman–Crippen LogP) is 5.05. The Kier molecular flexibility index (Phi) is 4.70. The number of aliphatic hydroxyl groups is 1. The number of aryl methyl sites for hydroxylation is 1. The highest BCUT2D eigenvalue weighted by Crippen LogP contribution is 2.41. The summed E-state index contributed by atoms with van der Waals surface area (Å²) in [6.45, 7) is 1.96. The highest BCUT2D eigenvalue weighted by molar-refractivity contribution is 6.51. The van der Waals surface area contributed by atoms with Gasteiger partial charge in [0.05, 0.1) is 22.3 Å². The molecule has 170 valence electrons. The molecule has 1 aliphatic heterocycles. The van der Waals surface area contributed by atoms with Crippen molar-refractivity contribution in [3.63, 3.8) is 0 Å². The molecule has 0 saturated carbocycles. The standard InChI is InChI=1S/C28H20N4O3/c1-16-12-13-20-22(15-16)31-28(30-20)32-24(21-11-4-5-14-29-21)23(26(34)27(32)35)25(33)19-10-6-8-17-7-2-3-9-18(17)19/h2-15,24,33H,1H3,(H,30,31)/b25-23+. The fourth-order valence-electron chi connectivity index (χ4n) is 4.67. The number of rotatable bonds is 3. The van der Waals surface area contributed by atoms with Gasteiger partial charge in [-0.15, -0.1) is 0 Å². The third kappa shape index (κ3) is 3.28. The lowest BCUT2D eigenvalue weighted by atomic mass is 9.95. The van der Waals surface area contributed by atoms with Gasteiger partial charge in [0.25, 0.3) is 5.78 Å². The number of pyridine rings is 1. The second-order valence-electron chi connectivity index (χ2n) is 8.53. The molecule has 7 nitrogen and oxygen atoms in total. The minimum Gasteiger partial charge on any atom is -0.507 e. The van der Waals surface area contributed by atoms with E-state index in [4.69, 9.17) is 0 Å². The summed E-state index contributed by atoms with van der Waals surface area (Å²) in [5.41, 5.74) is 3.35. The second-order valence-corrected chi connectivity index (χ2v) is 8.53. The molecule has 3 aromatic carbocycles. The minimum absolute atomic E-state index is 0.0262. The molecule has 1 aliphatic rings. The number of fused-ring (bicyclic) bond motifs is 2. The number of benzene rings is 3. The predicted molar refractivity (Wildman–Crippen MR) is 134 cm³/mol. The summed E-state index contributed by atoms with van der Waals surface area (Å²) >= 11 is 0. The van der Waals surface area contributed by atoms with Crippen molar-refractivity contribution in [1.82, 2.24) is 15.0 Å². The molecule has 1 atom stereocenters. The Labute approximate surface area is 200 Å². The van der Waals surface area contributed by atoms with E-state index in [1.165, 1.54) is 4.90 Å². The summed E-state index contributed by atoms with van der Waals surface area (Å²) < 4.78 is 0. The number of amides is 1. The van der Waals surface area contributed by atoms with Crippen molar-refractivity contribution < 1.29 is 14.7 Å². The van der Waals surface area contributed by atoms with Gasteiger partial charge in [-0.25, -0.2) is 4.98 Å². The molecular weight excluding hydrogens is 440 g/mol. The molecular formula is C28H20N4O3. The largest absolute Gasteiger partial charge is 0.507 e. The van der Waals surface area contributed by atoms with Crippen LogP contribution in [0.15, 0.2) is 90.6 Å². The first-order valence-electron chi connectivity index (χ1n) is 11.2. The number of Topliss-reactive ketones (excluding diaryl/α,β-unsaturated/α-hetero) is 1. The first kappa shape index (κ1) is 20.8. The van der Waals surface area contributed by atoms with Crippen molar-refractivity contribution in [2.24, 2.45) is 0 Å². The van der Waals surface area contributed by atoms with Crippen LogP contribution in [0.5, 0.6) is 0 Å². The van der Waals surface area contributed by atoms with Gasteiger partial charge in [-0.1, -0.05) is 54.6 Å². The molecule has 0 bridgehead atoms. The number of hydrogen-bond acceptors (Lipinski definition) is 5. The van der Waals surface area contributed by atoms with E-state index in [-0.39, 0.29) is 17.3 Å². The van der Waals surface area contributed by atoms with Gasteiger partial charge >= 0.3 is 5.91 Å². The summed E-state index contributed by atoms with van der Waals surface area (Å²) in [6, 6.07) is 23.1. The molecule has 2 aromatic heterocycles. The highest BCUT2D eigenvalue weighted by Gasteiger charge is 2.49. The van der Waals surface area contributed by atoms with Crippen LogP contribution in [0.1, 0.15) is 22.9 Å². The summed E-state index contributed by atoms with van der Waals surface area (Å²) in [7, 11) is 0. The maximum Gasteiger partial charge on any atom is 0.302 e. The molecule has 35 heavy (non-hydrogen) atoms. The van der Waals surface area contributed by atoms with Crippen molar-refractivity contribution in [2.45, 2.75) is 13.0 Å². The maximum atomic E-state index is 13.4. The van der Waals surface area contributed by atoms with E-state index >= 15 is 0 Å². The van der Waals surface area contributed by atoms with Gasteiger partial charge in [-0.2, -0.15) is 0 Å². The van der Waals surface area contributed by atoms with Crippen LogP contribution in [-0.2, 0) is 9.59 Å². The zero-order chi connectivity index (χ0) is 24.1. The molecule has 2 N–H and O–H groups in total. The second kappa shape index (κ2) is 7.92. The van der Waals surface area contributed by atoms with Crippen molar-refractivity contribution in [3.05, 3.63) is 107 Å². The van der Waals surface area contributed by atoms with Crippen molar-refractivity contribution in [3.8, 4) is 0 Å². The van der Waals surface area contributed by atoms with Gasteiger partial charge < -0.3 is 10.1 Å². The summed E-state index contributed by atoms with van der Waals surface area (Å²) in [6.07, 6.45) is 1.59. The van der Waals surface area contributed by atoms with Crippen LogP contribution >= 0.6 is 0 Å². The van der Waals surface area contributed by atoms with E-state index in [0.29, 0.717) is 16.8 Å². The van der Waals surface area contributed by atoms with E-state index in [9.17, 15) is 14.7 Å². The number of ketones is 1. The van der Waals surface area contributed by atoms with E-state index in [1.807, 2.05) is 61.5 Å². The normalized spacial score (nSPS) is 17.5. The number of carbonyl (C=O) groups excluding carboxylic acids is 2. The fourth-order valence-corrected chi connectivity index (χ4v) is 4.67. The SMILES string of the molecule is Cc1ccc2nc(N3C(=O)C(=O)/C(=C(/O)c4cccc5ccccc45)C3c3ccccn3)[nH]c2c1. The van der Waals surface area contributed by atoms with Gasteiger partial charge in [0, 0.05) is 11.8 Å². The minimum atomic E-state index is -0.947. The van der Waals surface area contributed by atoms with Crippen LogP contribution in [0.3, 0.4) is 0 Å². The quantitative estimate of drug-likeness (QED) is 0.223. The monoisotopic (exact) mass is 460 g/mol. The maximum absolute atomic E-state index is 13.4. The number of carbonyl (C=O) groups is 2. The summed E-state index contributed by atoms with van der Waals surface area (Å²) in [5, 5.41) is 13.2. The number of aromatic nitrogens is 3. The van der Waals surface area contributed by atoms with Crippen LogP contribution in [-0.4, -0.2) is 31.7 Å². The molecule has 1 fully saturated rings. The third-order valence-electron chi connectivity index (χ3n) is 6.31. The van der Waals surface area contributed by atoms with Crippen LogP contribution in [0.25, 0.3) is 27.6 Å². The van der Waals surface area contributed by atoms with E-state index in [0.717, 1.165) is 21.9 Å². The Hall–Kier alpha value is -4.78. The first-order valence-corrected chi connectivity index (χ1v) is 11.2. The molecule has 6 rings (SSSR count). The van der Waals surface area contributed by atoms with Crippen molar-refractivity contribution in [2.75, 3.05) is 4.90 Å². The Morgan fingerprint density at radius 1 is 0.971 bits per heavy atom. The lowest BCUT2D eigenvalue weighted by Gasteiger charge is -2.22. The molecule has 0 spiro atoms. The van der Waals surface area contributed by atoms with E-state index < -0.39 is 17.7 Å². The zero-order valence-corrected chi connectivity index (χ0v) is 18.8. The van der Waals surface area contributed by atoms with E-state index in [1.54, 1.807) is 30.5 Å². The fraction of sp³-hybridized carbons (Fsp3) is 0.0714. The van der Waals surface area contributed by atoms with E-state index in [2.05, 4.69) is 15.0 Å². The Bertz CT molecular complexity index is 1660. The number of hydrogen-bond donors (Lipinski definition) is 2. The van der Waals surface area contributed by atoms with Crippen LogP contribution in [0.2, 0.25) is 0 Å². The first-order chi connectivity index (χ1) is 17.0.